The lowest BCUT2D eigenvalue weighted by Crippen LogP contribution is -2.44. The van der Waals surface area contributed by atoms with E-state index >= 15 is 0 Å². The Kier molecular flexibility index (Phi) is 6.14. The van der Waals surface area contributed by atoms with Crippen LogP contribution in [0.3, 0.4) is 0 Å². The molecule has 1 saturated heterocycles. The zero-order valence-corrected chi connectivity index (χ0v) is 14.2. The summed E-state index contributed by atoms with van der Waals surface area (Å²) in [6.45, 7) is 2.34. The fourth-order valence-corrected chi connectivity index (χ4v) is 2.89. The normalized spacial score (nSPS) is 18.9. The van der Waals surface area contributed by atoms with Crippen molar-refractivity contribution in [2.24, 2.45) is 0 Å². The Morgan fingerprint density at radius 2 is 2.17 bits per heavy atom. The number of amides is 1. The van der Waals surface area contributed by atoms with Gasteiger partial charge in [-0.15, -0.1) is 0 Å². The van der Waals surface area contributed by atoms with Gasteiger partial charge in [0.1, 0.15) is 5.75 Å². The van der Waals surface area contributed by atoms with Gasteiger partial charge in [0.15, 0.2) is 0 Å². The second kappa shape index (κ2) is 8.10. The summed E-state index contributed by atoms with van der Waals surface area (Å²) in [6.07, 6.45) is -0.359. The summed E-state index contributed by atoms with van der Waals surface area (Å²) in [5.41, 5.74) is 1.57. The molecule has 1 aromatic rings. The van der Waals surface area contributed by atoms with Gasteiger partial charge in [0.2, 0.25) is 12.1 Å². The Hall–Kier alpha value is -2.15. The molecule has 0 saturated carbocycles. The topological polar surface area (TPSA) is 67.9 Å². The van der Waals surface area contributed by atoms with Gasteiger partial charge in [0, 0.05) is 6.54 Å². The lowest BCUT2D eigenvalue weighted by Gasteiger charge is -2.24. The molecule has 1 aliphatic heterocycles. The van der Waals surface area contributed by atoms with Gasteiger partial charge in [0.25, 0.3) is 0 Å². The molecule has 6 nitrogen and oxygen atoms in total. The highest BCUT2D eigenvalue weighted by Gasteiger charge is 2.34. The van der Waals surface area contributed by atoms with E-state index in [1.54, 1.807) is 11.0 Å². The van der Waals surface area contributed by atoms with Gasteiger partial charge in [-0.25, -0.2) is 9.18 Å². The number of carbonyl (C=O) groups excluding carboxylic acids is 2. The molecule has 2 rings (SSSR count). The van der Waals surface area contributed by atoms with Gasteiger partial charge in [-0.2, -0.15) is 0 Å². The molecular formula is C17H23FN2O4. The van der Waals surface area contributed by atoms with E-state index in [1.807, 2.05) is 19.1 Å². The number of anilines is 1. The zero-order valence-electron chi connectivity index (χ0n) is 14.2. The largest absolute Gasteiger partial charge is 0.495 e. The van der Waals surface area contributed by atoms with E-state index < -0.39 is 18.2 Å². The summed E-state index contributed by atoms with van der Waals surface area (Å²) in [5, 5.41) is 2.85. The molecule has 0 aliphatic carbocycles. The first kappa shape index (κ1) is 18.2. The van der Waals surface area contributed by atoms with Crippen molar-refractivity contribution in [3.63, 3.8) is 0 Å². The highest BCUT2D eigenvalue weighted by Crippen LogP contribution is 2.27. The Balaban J connectivity index is 2.06. The molecule has 0 aromatic heterocycles. The van der Waals surface area contributed by atoms with Crippen LogP contribution in [0.25, 0.3) is 0 Å². The van der Waals surface area contributed by atoms with E-state index in [1.165, 1.54) is 7.11 Å². The fourth-order valence-electron chi connectivity index (χ4n) is 2.89. The van der Waals surface area contributed by atoms with Crippen molar-refractivity contribution in [1.29, 1.82) is 0 Å². The molecule has 0 unspecified atom stereocenters. The first-order valence-corrected chi connectivity index (χ1v) is 7.87. The van der Waals surface area contributed by atoms with Crippen LogP contribution in [-0.2, 0) is 14.3 Å². The molecule has 7 heteroatoms. The average Bonchev–Trinajstić information content (AvgIpc) is 3.02. The minimum atomic E-state index is -1.75. The Morgan fingerprint density at radius 3 is 2.83 bits per heavy atom. The quantitative estimate of drug-likeness (QED) is 0.803. The monoisotopic (exact) mass is 338 g/mol. The van der Waals surface area contributed by atoms with Gasteiger partial charge in [0.05, 0.1) is 25.9 Å². The number of alkyl halides is 1. The summed E-state index contributed by atoms with van der Waals surface area (Å²) in [7, 11) is 2.68. The number of methoxy groups -OCH3 is 2. The van der Waals surface area contributed by atoms with Crippen LogP contribution in [0.15, 0.2) is 18.2 Å². The van der Waals surface area contributed by atoms with Gasteiger partial charge in [-0.1, -0.05) is 6.07 Å². The molecule has 1 heterocycles. The van der Waals surface area contributed by atoms with E-state index in [0.29, 0.717) is 24.4 Å². The van der Waals surface area contributed by atoms with E-state index in [0.717, 1.165) is 19.1 Å². The van der Waals surface area contributed by atoms with Crippen LogP contribution < -0.4 is 10.1 Å². The number of carbonyl (C=O) groups is 2. The number of benzene rings is 1. The molecule has 0 bridgehead atoms. The average molecular weight is 338 g/mol. The summed E-state index contributed by atoms with van der Waals surface area (Å²) >= 11 is 0. The molecule has 2 atom stereocenters. The number of aryl methyl sites for hydroxylation is 1. The number of ether oxygens (including phenoxy) is 2. The highest BCUT2D eigenvalue weighted by atomic mass is 19.1. The summed E-state index contributed by atoms with van der Waals surface area (Å²) in [6, 6.07) is 5.02. The molecule has 0 radical (unpaired) electrons. The van der Waals surface area contributed by atoms with Crippen molar-refractivity contribution in [3.8, 4) is 5.75 Å². The van der Waals surface area contributed by atoms with E-state index in [2.05, 4.69) is 10.1 Å². The maximum atomic E-state index is 13.8. The third-order valence-electron chi connectivity index (χ3n) is 4.13. The minimum Gasteiger partial charge on any atom is -0.495 e. The number of nitrogens with zero attached hydrogens (tertiary/aromatic N) is 1. The number of likely N-dealkylation sites (tertiary alicyclic amines) is 1. The van der Waals surface area contributed by atoms with Crippen LogP contribution in [0, 0.1) is 6.92 Å². The van der Waals surface area contributed by atoms with Crippen LogP contribution in [0.5, 0.6) is 5.75 Å². The van der Waals surface area contributed by atoms with Crippen molar-refractivity contribution >= 4 is 17.6 Å². The maximum Gasteiger partial charge on any atom is 0.341 e. The second-order valence-corrected chi connectivity index (χ2v) is 5.84. The number of nitrogens with one attached hydrogen (secondary N) is 1. The molecule has 1 aromatic carbocycles. The minimum absolute atomic E-state index is 0.143. The van der Waals surface area contributed by atoms with Crippen LogP contribution in [0.4, 0.5) is 10.1 Å². The van der Waals surface area contributed by atoms with Crippen LogP contribution >= 0.6 is 0 Å². The fraction of sp³-hybridized carbons (Fsp3) is 0.529. The second-order valence-electron chi connectivity index (χ2n) is 5.84. The number of halogens is 1. The number of rotatable bonds is 6. The van der Waals surface area contributed by atoms with Gasteiger partial charge < -0.3 is 14.8 Å². The maximum absolute atomic E-state index is 13.8. The number of hydrogen-bond acceptors (Lipinski definition) is 5. The molecule has 1 aliphatic rings. The van der Waals surface area contributed by atoms with Crippen LogP contribution in [-0.4, -0.2) is 56.3 Å². The Bertz CT molecular complexity index is 608. The molecule has 132 valence electrons. The first-order valence-electron chi connectivity index (χ1n) is 7.87. The molecular weight excluding hydrogens is 315 g/mol. The first-order chi connectivity index (χ1) is 11.5. The van der Waals surface area contributed by atoms with E-state index in [9.17, 15) is 14.0 Å². The van der Waals surface area contributed by atoms with Crippen molar-refractivity contribution in [3.05, 3.63) is 23.8 Å². The Morgan fingerprint density at radius 1 is 1.42 bits per heavy atom. The van der Waals surface area contributed by atoms with Crippen molar-refractivity contribution < 1.29 is 23.5 Å². The van der Waals surface area contributed by atoms with Crippen LogP contribution in [0.1, 0.15) is 18.4 Å². The lowest BCUT2D eigenvalue weighted by atomic mass is 10.1. The summed E-state index contributed by atoms with van der Waals surface area (Å²) in [5.74, 6) is -0.577. The van der Waals surface area contributed by atoms with Crippen LogP contribution in [0.2, 0.25) is 0 Å². The summed E-state index contributed by atoms with van der Waals surface area (Å²) in [4.78, 5) is 25.5. The van der Waals surface area contributed by atoms with Crippen molar-refractivity contribution in [1.82, 2.24) is 4.90 Å². The third-order valence-corrected chi connectivity index (χ3v) is 4.13. The standard InChI is InChI=1S/C17H23FN2O4/c1-11-6-7-15(23-2)13(9-11)19-16(21)14-5-4-8-20(14)10-12(18)17(22)24-3/h6-7,9,12,14H,4-5,8,10H2,1-3H3,(H,19,21)/t12-,14+/m0/s1. The summed E-state index contributed by atoms with van der Waals surface area (Å²) < 4.78 is 23.5. The number of hydrogen-bond donors (Lipinski definition) is 1. The molecule has 1 amide bonds. The van der Waals surface area contributed by atoms with Gasteiger partial charge in [-0.05, 0) is 44.0 Å². The van der Waals surface area contributed by atoms with E-state index in [4.69, 9.17) is 4.74 Å². The third kappa shape index (κ3) is 4.23. The Labute approximate surface area is 140 Å². The predicted molar refractivity (Wildman–Crippen MR) is 87.9 cm³/mol. The molecule has 1 fully saturated rings. The van der Waals surface area contributed by atoms with Gasteiger partial charge in [-0.3, -0.25) is 9.69 Å². The SMILES string of the molecule is COC(=O)[C@@H](F)CN1CCC[C@@H]1C(=O)Nc1cc(C)ccc1OC. The molecule has 24 heavy (non-hydrogen) atoms. The predicted octanol–water partition coefficient (Wildman–Crippen LogP) is 1.92. The smallest absolute Gasteiger partial charge is 0.341 e. The number of esters is 1. The van der Waals surface area contributed by atoms with Crippen molar-refractivity contribution in [2.75, 3.05) is 32.6 Å². The zero-order chi connectivity index (χ0) is 17.7. The molecule has 0 spiro atoms. The molecule has 1 N–H and O–H groups in total. The van der Waals surface area contributed by atoms with E-state index in [-0.39, 0.29) is 12.5 Å². The highest BCUT2D eigenvalue weighted by molar-refractivity contribution is 5.96. The van der Waals surface area contributed by atoms with Gasteiger partial charge >= 0.3 is 5.97 Å². The van der Waals surface area contributed by atoms with Crippen molar-refractivity contribution in [2.45, 2.75) is 32.0 Å². The lowest BCUT2D eigenvalue weighted by molar-refractivity contribution is -0.147.